The van der Waals surface area contributed by atoms with Crippen LogP contribution in [-0.2, 0) is 10.2 Å². The molecule has 1 saturated heterocycles. The highest BCUT2D eigenvalue weighted by Crippen LogP contribution is 2.48. The van der Waals surface area contributed by atoms with Gasteiger partial charge in [0.15, 0.2) is 0 Å². The first-order valence-electron chi connectivity index (χ1n) is 10.1. The van der Waals surface area contributed by atoms with Crippen LogP contribution >= 0.6 is 0 Å². The summed E-state index contributed by atoms with van der Waals surface area (Å²) in [7, 11) is 1.74. The van der Waals surface area contributed by atoms with E-state index in [4.69, 9.17) is 9.47 Å². The predicted molar refractivity (Wildman–Crippen MR) is 114 cm³/mol. The number of hydrogen-bond donors (Lipinski definition) is 1. The van der Waals surface area contributed by atoms with Crippen LogP contribution in [0.1, 0.15) is 50.7 Å². The molecule has 0 amide bonds. The summed E-state index contributed by atoms with van der Waals surface area (Å²) >= 11 is 0. The van der Waals surface area contributed by atoms with Crippen LogP contribution in [0.15, 0.2) is 53.5 Å². The molecule has 150 valence electrons. The van der Waals surface area contributed by atoms with E-state index in [0.717, 1.165) is 43.6 Å². The molecule has 0 spiro atoms. The molecule has 2 aromatic carbocycles. The topological polar surface area (TPSA) is 51.1 Å². The second kappa shape index (κ2) is 8.78. The molecular weight excluding hydrogens is 350 g/mol. The number of aliphatic imine (C=N–C) groups is 1. The number of phenols is 1. The summed E-state index contributed by atoms with van der Waals surface area (Å²) in [6, 6.07) is 15.6. The van der Waals surface area contributed by atoms with Gasteiger partial charge in [-0.05, 0) is 50.8 Å². The number of methoxy groups -OCH3 is 1. The lowest BCUT2D eigenvalue weighted by Crippen LogP contribution is -2.46. The van der Waals surface area contributed by atoms with Gasteiger partial charge in [-0.2, -0.15) is 0 Å². The molecule has 1 heterocycles. The van der Waals surface area contributed by atoms with Gasteiger partial charge >= 0.3 is 0 Å². The van der Waals surface area contributed by atoms with Crippen molar-refractivity contribution >= 4 is 6.21 Å². The standard InChI is InChI=1S/C24H31NO3/c1-4-23(2)18-24(14-16-28-23,20-10-6-8-12-22(20)27-3)13-15-25-17-19-9-5-7-11-21(19)26/h5-12,17,26H,4,13-16,18H2,1-3H3/t23-,24-/m0/s1. The van der Waals surface area contributed by atoms with E-state index >= 15 is 0 Å². The van der Waals surface area contributed by atoms with Crippen LogP contribution in [0, 0.1) is 0 Å². The summed E-state index contributed by atoms with van der Waals surface area (Å²) in [6.07, 6.45) is 5.56. The van der Waals surface area contributed by atoms with Crippen molar-refractivity contribution in [3.8, 4) is 11.5 Å². The van der Waals surface area contributed by atoms with Crippen LogP contribution in [0.25, 0.3) is 0 Å². The van der Waals surface area contributed by atoms with Crippen LogP contribution in [0.4, 0.5) is 0 Å². The number of benzene rings is 2. The molecule has 0 aliphatic carbocycles. The third kappa shape index (κ3) is 4.39. The Hall–Kier alpha value is -2.33. The van der Waals surface area contributed by atoms with Crippen LogP contribution in [0.5, 0.6) is 11.5 Å². The molecule has 0 radical (unpaired) electrons. The minimum atomic E-state index is -0.138. The highest BCUT2D eigenvalue weighted by molar-refractivity contribution is 5.83. The van der Waals surface area contributed by atoms with Crippen molar-refractivity contribution in [2.75, 3.05) is 20.3 Å². The minimum Gasteiger partial charge on any atom is -0.507 e. The van der Waals surface area contributed by atoms with Crippen molar-refractivity contribution in [2.45, 2.75) is 50.5 Å². The second-order valence-electron chi connectivity index (χ2n) is 7.90. The number of rotatable bonds is 7. The Morgan fingerprint density at radius 1 is 1.18 bits per heavy atom. The van der Waals surface area contributed by atoms with Crippen LogP contribution in [0.3, 0.4) is 0 Å². The largest absolute Gasteiger partial charge is 0.507 e. The van der Waals surface area contributed by atoms with Gasteiger partial charge in [0, 0.05) is 35.9 Å². The van der Waals surface area contributed by atoms with E-state index in [1.54, 1.807) is 19.4 Å². The quantitative estimate of drug-likeness (QED) is 0.677. The first-order chi connectivity index (χ1) is 13.5. The van der Waals surface area contributed by atoms with Gasteiger partial charge in [0.05, 0.1) is 12.7 Å². The summed E-state index contributed by atoms with van der Waals surface area (Å²) in [6.45, 7) is 5.83. The molecule has 2 atom stereocenters. The maximum atomic E-state index is 9.93. The first-order valence-corrected chi connectivity index (χ1v) is 10.1. The van der Waals surface area contributed by atoms with Gasteiger partial charge in [0.2, 0.25) is 0 Å². The molecular formula is C24H31NO3. The molecule has 0 saturated carbocycles. The fourth-order valence-corrected chi connectivity index (χ4v) is 4.27. The number of hydrogen-bond acceptors (Lipinski definition) is 4. The fraction of sp³-hybridized carbons (Fsp3) is 0.458. The van der Waals surface area contributed by atoms with E-state index in [-0.39, 0.29) is 16.8 Å². The van der Waals surface area contributed by atoms with E-state index in [0.29, 0.717) is 6.54 Å². The molecule has 4 heteroatoms. The lowest BCUT2D eigenvalue weighted by atomic mass is 9.66. The smallest absolute Gasteiger partial charge is 0.124 e. The summed E-state index contributed by atoms with van der Waals surface area (Å²) in [4.78, 5) is 4.63. The van der Waals surface area contributed by atoms with Gasteiger partial charge in [0.25, 0.3) is 0 Å². The highest BCUT2D eigenvalue weighted by atomic mass is 16.5. The Morgan fingerprint density at radius 3 is 2.68 bits per heavy atom. The van der Waals surface area contributed by atoms with Gasteiger partial charge in [-0.1, -0.05) is 37.3 Å². The van der Waals surface area contributed by atoms with E-state index < -0.39 is 0 Å². The van der Waals surface area contributed by atoms with Gasteiger partial charge in [-0.15, -0.1) is 0 Å². The van der Waals surface area contributed by atoms with Crippen LogP contribution < -0.4 is 4.74 Å². The molecule has 2 aromatic rings. The summed E-state index contributed by atoms with van der Waals surface area (Å²) in [5, 5.41) is 9.93. The maximum absolute atomic E-state index is 9.93. The monoisotopic (exact) mass is 381 g/mol. The molecule has 1 fully saturated rings. The van der Waals surface area contributed by atoms with Gasteiger partial charge in [-0.25, -0.2) is 0 Å². The number of phenolic OH excluding ortho intramolecular Hbond substituents is 1. The Labute approximate surface area is 168 Å². The summed E-state index contributed by atoms with van der Waals surface area (Å²) in [5.74, 6) is 1.20. The van der Waals surface area contributed by atoms with E-state index in [1.165, 1.54) is 5.56 Å². The molecule has 1 N–H and O–H groups in total. The maximum Gasteiger partial charge on any atom is 0.124 e. The van der Waals surface area contributed by atoms with Crippen LogP contribution in [0.2, 0.25) is 0 Å². The Kier molecular flexibility index (Phi) is 6.40. The van der Waals surface area contributed by atoms with Gasteiger partial charge in [0.1, 0.15) is 11.5 Å². The lowest BCUT2D eigenvalue weighted by molar-refractivity contribution is -0.0979. The summed E-state index contributed by atoms with van der Waals surface area (Å²) in [5.41, 5.74) is 1.82. The highest BCUT2D eigenvalue weighted by Gasteiger charge is 2.44. The third-order valence-electron chi connectivity index (χ3n) is 6.06. The molecule has 0 unspecified atom stereocenters. The van der Waals surface area contributed by atoms with E-state index in [1.807, 2.05) is 30.3 Å². The van der Waals surface area contributed by atoms with Crippen molar-refractivity contribution in [3.05, 3.63) is 59.7 Å². The van der Waals surface area contributed by atoms with Gasteiger partial charge in [-0.3, -0.25) is 4.99 Å². The normalized spacial score (nSPS) is 25.1. The fourth-order valence-electron chi connectivity index (χ4n) is 4.27. The molecule has 28 heavy (non-hydrogen) atoms. The van der Waals surface area contributed by atoms with Crippen molar-refractivity contribution < 1.29 is 14.6 Å². The van der Waals surface area contributed by atoms with Crippen molar-refractivity contribution in [1.29, 1.82) is 0 Å². The molecule has 0 aromatic heterocycles. The number of nitrogens with zero attached hydrogens (tertiary/aromatic N) is 1. The number of aromatic hydroxyl groups is 1. The third-order valence-corrected chi connectivity index (χ3v) is 6.06. The predicted octanol–water partition coefficient (Wildman–Crippen LogP) is 5.13. The molecule has 1 aliphatic heterocycles. The zero-order valence-corrected chi connectivity index (χ0v) is 17.1. The van der Waals surface area contributed by atoms with E-state index in [9.17, 15) is 5.11 Å². The molecule has 4 nitrogen and oxygen atoms in total. The zero-order valence-electron chi connectivity index (χ0n) is 17.1. The average Bonchev–Trinajstić information content (AvgIpc) is 2.72. The molecule has 3 rings (SSSR count). The summed E-state index contributed by atoms with van der Waals surface area (Å²) < 4.78 is 11.8. The van der Waals surface area contributed by atoms with E-state index in [2.05, 4.69) is 31.0 Å². The van der Waals surface area contributed by atoms with Crippen LogP contribution in [-0.4, -0.2) is 37.2 Å². The lowest BCUT2D eigenvalue weighted by Gasteiger charge is -2.47. The van der Waals surface area contributed by atoms with Crippen molar-refractivity contribution in [1.82, 2.24) is 0 Å². The van der Waals surface area contributed by atoms with Crippen molar-refractivity contribution in [2.24, 2.45) is 4.99 Å². The first kappa shape index (κ1) is 20.4. The van der Waals surface area contributed by atoms with Gasteiger partial charge < -0.3 is 14.6 Å². The average molecular weight is 382 g/mol. The molecule has 0 bridgehead atoms. The Balaban J connectivity index is 1.86. The number of para-hydroxylation sites is 2. The minimum absolute atomic E-state index is 0.0360. The Morgan fingerprint density at radius 2 is 1.93 bits per heavy atom. The SMILES string of the molecule is CC[C@@]1(C)C[C@@](CCN=Cc2ccccc2O)(c2ccccc2OC)CCO1. The molecule has 1 aliphatic rings. The van der Waals surface area contributed by atoms with Crippen molar-refractivity contribution in [3.63, 3.8) is 0 Å². The Bertz CT molecular complexity index is 819. The zero-order chi connectivity index (χ0) is 20.0. The number of ether oxygens (including phenoxy) is 2. The second-order valence-corrected chi connectivity index (χ2v) is 7.90.